The first-order valence-electron chi connectivity index (χ1n) is 12.9. The molecule has 9 nitrogen and oxygen atoms in total. The maximum absolute atomic E-state index is 13.2. The van der Waals surface area contributed by atoms with E-state index in [0.717, 1.165) is 43.5 Å². The molecule has 1 aliphatic rings. The van der Waals surface area contributed by atoms with Crippen LogP contribution in [-0.4, -0.2) is 61.6 Å². The van der Waals surface area contributed by atoms with Crippen molar-refractivity contribution in [3.05, 3.63) is 59.9 Å². The van der Waals surface area contributed by atoms with Crippen LogP contribution >= 0.6 is 0 Å². The van der Waals surface area contributed by atoms with E-state index in [1.807, 2.05) is 44.2 Å². The minimum Gasteiger partial charge on any atom is -0.378 e. The number of aliphatic hydroxyl groups is 1. The molecule has 0 aliphatic carbocycles. The predicted molar refractivity (Wildman–Crippen MR) is 140 cm³/mol. The number of hydrogen-bond acceptors (Lipinski definition) is 6. The van der Waals surface area contributed by atoms with E-state index in [1.165, 1.54) is 12.1 Å². The lowest BCUT2D eigenvalue weighted by Gasteiger charge is -2.38. The Bertz CT molecular complexity index is 1170. The third-order valence-corrected chi connectivity index (χ3v) is 6.99. The van der Waals surface area contributed by atoms with Gasteiger partial charge in [0.2, 0.25) is 0 Å². The zero-order valence-electron chi connectivity index (χ0n) is 21.6. The maximum atomic E-state index is 13.2. The standard InChI is InChI=1S/C27H36FN7O2/c1-18(2)24(30-27(37)29-23-8-4-7-21(15-23)26-31-32-33-34(26)3)16-25(36)35-13-5-6-20(17-35)14-19-9-11-22(28)12-10-19/h4,7-12,15,18,20,24-25,36H,5-6,13-14,16-17H2,1-3H3,(H2,29,30,37)/t20-,24-,25+/m0/s1. The van der Waals surface area contributed by atoms with Crippen LogP contribution < -0.4 is 10.6 Å². The Balaban J connectivity index is 1.32. The molecule has 37 heavy (non-hydrogen) atoms. The van der Waals surface area contributed by atoms with Crippen molar-refractivity contribution in [3.63, 3.8) is 0 Å². The van der Waals surface area contributed by atoms with Crippen LogP contribution in [0.15, 0.2) is 48.5 Å². The Labute approximate surface area is 217 Å². The summed E-state index contributed by atoms with van der Waals surface area (Å²) >= 11 is 0. The number of aliphatic hydroxyl groups excluding tert-OH is 1. The summed E-state index contributed by atoms with van der Waals surface area (Å²) < 4.78 is 14.8. The molecule has 2 aromatic carbocycles. The molecular formula is C27H36FN7O2. The number of halogens is 1. The highest BCUT2D eigenvalue weighted by atomic mass is 19.1. The third kappa shape index (κ3) is 7.33. The largest absolute Gasteiger partial charge is 0.378 e. The normalized spacial score (nSPS) is 17.9. The van der Waals surface area contributed by atoms with Gasteiger partial charge < -0.3 is 15.7 Å². The monoisotopic (exact) mass is 509 g/mol. The summed E-state index contributed by atoms with van der Waals surface area (Å²) in [5.41, 5.74) is 2.53. The van der Waals surface area contributed by atoms with E-state index in [0.29, 0.717) is 23.9 Å². The van der Waals surface area contributed by atoms with Crippen molar-refractivity contribution in [2.24, 2.45) is 18.9 Å². The molecule has 3 atom stereocenters. The second kappa shape index (κ2) is 12.2. The molecule has 0 unspecified atom stereocenters. The first-order valence-corrected chi connectivity index (χ1v) is 12.9. The number of aryl methyl sites for hydroxylation is 1. The fraction of sp³-hybridized carbons (Fsp3) is 0.481. The van der Waals surface area contributed by atoms with Crippen LogP contribution in [0.4, 0.5) is 14.9 Å². The number of carbonyl (C=O) groups excluding carboxylic acids is 1. The molecule has 4 rings (SSSR count). The number of piperidine rings is 1. The molecular weight excluding hydrogens is 473 g/mol. The molecule has 3 aromatic rings. The molecule has 1 saturated heterocycles. The highest BCUT2D eigenvalue weighted by Gasteiger charge is 2.28. The van der Waals surface area contributed by atoms with Gasteiger partial charge in [0, 0.05) is 43.9 Å². The van der Waals surface area contributed by atoms with Gasteiger partial charge >= 0.3 is 6.03 Å². The molecule has 10 heteroatoms. The number of hydrogen-bond donors (Lipinski definition) is 3. The van der Waals surface area contributed by atoms with Gasteiger partial charge in [0.1, 0.15) is 12.0 Å². The average Bonchev–Trinajstić information content (AvgIpc) is 3.31. The van der Waals surface area contributed by atoms with Crippen molar-refractivity contribution in [3.8, 4) is 11.4 Å². The van der Waals surface area contributed by atoms with E-state index in [9.17, 15) is 14.3 Å². The van der Waals surface area contributed by atoms with Crippen LogP contribution in [-0.2, 0) is 13.5 Å². The first-order chi connectivity index (χ1) is 17.8. The summed E-state index contributed by atoms with van der Waals surface area (Å²) in [5, 5.41) is 28.5. The Morgan fingerprint density at radius 1 is 1.22 bits per heavy atom. The molecule has 1 aliphatic heterocycles. The molecule has 1 aromatic heterocycles. The minimum absolute atomic E-state index is 0.135. The maximum Gasteiger partial charge on any atom is 0.319 e. The van der Waals surface area contributed by atoms with Gasteiger partial charge in [-0.3, -0.25) is 4.90 Å². The average molecular weight is 510 g/mol. The number of nitrogens with one attached hydrogen (secondary N) is 2. The van der Waals surface area contributed by atoms with Crippen LogP contribution in [0.2, 0.25) is 0 Å². The molecule has 0 saturated carbocycles. The van der Waals surface area contributed by atoms with Crippen LogP contribution in [0.3, 0.4) is 0 Å². The van der Waals surface area contributed by atoms with Gasteiger partial charge in [-0.1, -0.05) is 38.1 Å². The van der Waals surface area contributed by atoms with E-state index in [1.54, 1.807) is 17.8 Å². The fourth-order valence-corrected chi connectivity index (χ4v) is 4.91. The van der Waals surface area contributed by atoms with Crippen molar-refractivity contribution in [1.29, 1.82) is 0 Å². The molecule has 198 valence electrons. The van der Waals surface area contributed by atoms with Crippen molar-refractivity contribution >= 4 is 11.7 Å². The lowest BCUT2D eigenvalue weighted by Crippen LogP contribution is -2.49. The molecule has 3 N–H and O–H groups in total. The van der Waals surface area contributed by atoms with Gasteiger partial charge in [-0.15, -0.1) is 5.10 Å². The number of tetrazole rings is 1. The first kappa shape index (κ1) is 26.7. The molecule has 2 heterocycles. The lowest BCUT2D eigenvalue weighted by atomic mass is 9.90. The van der Waals surface area contributed by atoms with Crippen molar-refractivity contribution in [2.45, 2.75) is 51.8 Å². The number of likely N-dealkylation sites (tertiary alicyclic amines) is 1. The second-order valence-corrected chi connectivity index (χ2v) is 10.2. The van der Waals surface area contributed by atoms with E-state index in [-0.39, 0.29) is 23.8 Å². The smallest absolute Gasteiger partial charge is 0.319 e. The molecule has 0 spiro atoms. The van der Waals surface area contributed by atoms with Gasteiger partial charge in [0.05, 0.1) is 0 Å². The van der Waals surface area contributed by atoms with Crippen LogP contribution in [0.25, 0.3) is 11.4 Å². The van der Waals surface area contributed by atoms with E-state index in [4.69, 9.17) is 0 Å². The minimum atomic E-state index is -0.657. The van der Waals surface area contributed by atoms with E-state index in [2.05, 4.69) is 31.1 Å². The van der Waals surface area contributed by atoms with Crippen LogP contribution in [0.1, 0.15) is 38.7 Å². The lowest BCUT2D eigenvalue weighted by molar-refractivity contribution is -0.0341. The van der Waals surface area contributed by atoms with Gasteiger partial charge in [-0.05, 0) is 71.4 Å². The zero-order chi connectivity index (χ0) is 26.4. The number of rotatable bonds is 9. The topological polar surface area (TPSA) is 108 Å². The summed E-state index contributed by atoms with van der Waals surface area (Å²) in [5.74, 6) is 0.915. The Kier molecular flexibility index (Phi) is 8.83. The molecule has 2 amide bonds. The number of benzene rings is 2. The van der Waals surface area contributed by atoms with E-state index >= 15 is 0 Å². The summed E-state index contributed by atoms with van der Waals surface area (Å²) in [7, 11) is 1.76. The Hall–Kier alpha value is -3.37. The fourth-order valence-electron chi connectivity index (χ4n) is 4.91. The van der Waals surface area contributed by atoms with Crippen LogP contribution in [0, 0.1) is 17.7 Å². The molecule has 1 fully saturated rings. The SMILES string of the molecule is CC(C)[C@H](C[C@@H](O)N1CCC[C@@H](Cc2ccc(F)cc2)C1)NC(=O)Nc1cccc(-c2nnnn2C)c1. The number of amides is 2. The number of urea groups is 1. The second-order valence-electron chi connectivity index (χ2n) is 10.2. The van der Waals surface area contributed by atoms with Gasteiger partial charge in [0.25, 0.3) is 0 Å². The van der Waals surface area contributed by atoms with Crippen molar-refractivity contribution in [1.82, 2.24) is 30.4 Å². The molecule has 0 bridgehead atoms. The highest BCUT2D eigenvalue weighted by Crippen LogP contribution is 2.24. The number of anilines is 1. The van der Waals surface area contributed by atoms with Gasteiger partial charge in [-0.25, -0.2) is 13.9 Å². The number of carbonyl (C=O) groups is 1. The number of nitrogens with zero attached hydrogens (tertiary/aromatic N) is 5. The van der Waals surface area contributed by atoms with Crippen LogP contribution in [0.5, 0.6) is 0 Å². The van der Waals surface area contributed by atoms with Gasteiger partial charge in [0.15, 0.2) is 5.82 Å². The summed E-state index contributed by atoms with van der Waals surface area (Å²) in [6.45, 7) is 5.67. The predicted octanol–water partition coefficient (Wildman–Crippen LogP) is 3.83. The third-order valence-electron chi connectivity index (χ3n) is 6.99. The summed E-state index contributed by atoms with van der Waals surface area (Å²) in [4.78, 5) is 14.9. The van der Waals surface area contributed by atoms with Crippen molar-refractivity contribution in [2.75, 3.05) is 18.4 Å². The highest BCUT2D eigenvalue weighted by molar-refractivity contribution is 5.90. The zero-order valence-corrected chi connectivity index (χ0v) is 21.6. The van der Waals surface area contributed by atoms with E-state index < -0.39 is 6.23 Å². The number of aromatic nitrogens is 4. The summed E-state index contributed by atoms with van der Waals surface area (Å²) in [6.07, 6.45) is 2.72. The van der Waals surface area contributed by atoms with Gasteiger partial charge in [-0.2, -0.15) is 0 Å². The quantitative estimate of drug-likeness (QED) is 0.405. The van der Waals surface area contributed by atoms with Crippen molar-refractivity contribution < 1.29 is 14.3 Å². The summed E-state index contributed by atoms with van der Waals surface area (Å²) in [6, 6.07) is 13.5. The molecule has 0 radical (unpaired) electrons. The Morgan fingerprint density at radius 2 is 2.00 bits per heavy atom. The Morgan fingerprint density at radius 3 is 2.70 bits per heavy atom.